The van der Waals surface area contributed by atoms with Gasteiger partial charge in [-0.2, -0.15) is 0 Å². The molecule has 31 heavy (non-hydrogen) atoms. The van der Waals surface area contributed by atoms with Crippen molar-refractivity contribution in [1.29, 1.82) is 0 Å². The average molecular weight is 445 g/mol. The number of aliphatic hydroxyl groups is 1. The van der Waals surface area contributed by atoms with Crippen LogP contribution in [0.3, 0.4) is 0 Å². The molecule has 1 aliphatic rings. The van der Waals surface area contributed by atoms with Crippen LogP contribution in [0.4, 0.5) is 5.69 Å². The minimum Gasteiger partial charge on any atom is -0.503 e. The van der Waals surface area contributed by atoms with Gasteiger partial charge in [-0.15, -0.1) is 0 Å². The van der Waals surface area contributed by atoms with E-state index >= 15 is 0 Å². The Kier molecular flexibility index (Phi) is 5.68. The second kappa shape index (κ2) is 7.82. The number of rotatable bonds is 5. The maximum Gasteiger partial charge on any atom is 0.294 e. The van der Waals surface area contributed by atoms with Gasteiger partial charge in [-0.3, -0.25) is 14.5 Å². The van der Waals surface area contributed by atoms with Crippen molar-refractivity contribution in [2.45, 2.75) is 31.7 Å². The number of nitrogens with two attached hydrogens (primary N) is 1. The number of hydrogen-bond acceptors (Lipinski definition) is 6. The van der Waals surface area contributed by atoms with E-state index in [9.17, 15) is 23.1 Å². The molecule has 0 saturated heterocycles. The summed E-state index contributed by atoms with van der Waals surface area (Å²) in [5, 5.41) is 15.8. The number of carbonyl (C=O) groups is 2. The van der Waals surface area contributed by atoms with Crippen LogP contribution in [0.1, 0.15) is 32.4 Å². The molecule has 0 spiro atoms. The smallest absolute Gasteiger partial charge is 0.294 e. The van der Waals surface area contributed by atoms with E-state index < -0.39 is 33.1 Å². The van der Waals surface area contributed by atoms with Gasteiger partial charge in [-0.25, -0.2) is 13.6 Å². The molecule has 8 nitrogen and oxygen atoms in total. The van der Waals surface area contributed by atoms with Crippen LogP contribution in [-0.2, 0) is 19.6 Å². The molecule has 3 N–H and O–H groups in total. The van der Waals surface area contributed by atoms with Crippen LogP contribution in [-0.4, -0.2) is 32.3 Å². The first kappa shape index (κ1) is 22.5. The molecule has 0 fully saturated rings. The van der Waals surface area contributed by atoms with E-state index in [2.05, 4.69) is 0 Å². The molecule has 3 rings (SSSR count). The standard InChI is InChI=1S/C22H24N2O6S/c1-22(2,3)20(26)17-18(13-6-5-7-15(12-13)30-4)24(21(27)19(17)25)14-8-10-16(11-9-14)31(23,28)29/h5-12,18,25H,1-4H3,(H2,23,28,29). The zero-order chi connectivity index (χ0) is 23.1. The number of methoxy groups -OCH3 is 1. The predicted octanol–water partition coefficient (Wildman–Crippen LogP) is 2.86. The molecule has 164 valence electrons. The molecule has 1 amide bonds. The Labute approximate surface area is 181 Å². The van der Waals surface area contributed by atoms with Gasteiger partial charge in [0.1, 0.15) is 5.75 Å². The molecular weight excluding hydrogens is 420 g/mol. The van der Waals surface area contributed by atoms with Crippen LogP contribution in [0.25, 0.3) is 0 Å². The molecule has 1 unspecified atom stereocenters. The maximum absolute atomic E-state index is 13.2. The molecule has 1 heterocycles. The number of ketones is 1. The van der Waals surface area contributed by atoms with Gasteiger partial charge >= 0.3 is 0 Å². The van der Waals surface area contributed by atoms with Crippen molar-refractivity contribution in [1.82, 2.24) is 0 Å². The van der Waals surface area contributed by atoms with Crippen LogP contribution >= 0.6 is 0 Å². The number of hydrogen-bond donors (Lipinski definition) is 2. The molecule has 0 radical (unpaired) electrons. The number of carbonyl (C=O) groups excluding carboxylic acids is 2. The Morgan fingerprint density at radius 2 is 1.74 bits per heavy atom. The van der Waals surface area contributed by atoms with Gasteiger partial charge in [0.15, 0.2) is 11.5 Å². The summed E-state index contributed by atoms with van der Waals surface area (Å²) in [6.45, 7) is 5.10. The van der Waals surface area contributed by atoms with Crippen molar-refractivity contribution in [3.05, 3.63) is 65.4 Å². The summed E-state index contributed by atoms with van der Waals surface area (Å²) in [6.07, 6.45) is 0. The first-order valence-corrected chi connectivity index (χ1v) is 11.0. The molecule has 2 aromatic rings. The number of ether oxygens (including phenoxy) is 1. The number of Topliss-reactive ketones (excluding diaryl/α,β-unsaturated/α-hetero) is 1. The van der Waals surface area contributed by atoms with Crippen molar-refractivity contribution in [3.8, 4) is 5.75 Å². The van der Waals surface area contributed by atoms with Gasteiger partial charge in [0.05, 0.1) is 23.6 Å². The predicted molar refractivity (Wildman–Crippen MR) is 115 cm³/mol. The third-order valence-electron chi connectivity index (χ3n) is 4.99. The van der Waals surface area contributed by atoms with Gasteiger partial charge in [0, 0.05) is 11.1 Å². The quantitative estimate of drug-likeness (QED) is 0.730. The van der Waals surface area contributed by atoms with Crippen LogP contribution in [0.2, 0.25) is 0 Å². The summed E-state index contributed by atoms with van der Waals surface area (Å²) in [6, 6.07) is 11.3. The molecule has 0 bridgehead atoms. The van der Waals surface area contributed by atoms with Gasteiger partial charge < -0.3 is 9.84 Å². The van der Waals surface area contributed by atoms with E-state index in [-0.39, 0.29) is 16.3 Å². The zero-order valence-electron chi connectivity index (χ0n) is 17.6. The molecule has 1 aliphatic heterocycles. The Balaban J connectivity index is 2.20. The van der Waals surface area contributed by atoms with Crippen molar-refractivity contribution in [2.24, 2.45) is 10.6 Å². The molecule has 0 aromatic heterocycles. The summed E-state index contributed by atoms with van der Waals surface area (Å²) in [5.41, 5.74) is -0.0246. The van der Waals surface area contributed by atoms with Gasteiger partial charge in [0.2, 0.25) is 10.0 Å². The highest BCUT2D eigenvalue weighted by atomic mass is 32.2. The lowest BCUT2D eigenvalue weighted by atomic mass is 9.82. The summed E-state index contributed by atoms with van der Waals surface area (Å²) in [4.78, 5) is 27.4. The second-order valence-corrected chi connectivity index (χ2v) is 9.80. The monoisotopic (exact) mass is 444 g/mol. The van der Waals surface area contributed by atoms with Crippen LogP contribution in [0, 0.1) is 5.41 Å². The summed E-state index contributed by atoms with van der Waals surface area (Å²) in [7, 11) is -2.42. The molecule has 2 aromatic carbocycles. The topological polar surface area (TPSA) is 127 Å². The fourth-order valence-corrected chi connectivity index (χ4v) is 3.95. The van der Waals surface area contributed by atoms with E-state index in [0.29, 0.717) is 17.0 Å². The number of primary sulfonamides is 1. The van der Waals surface area contributed by atoms with Crippen LogP contribution in [0.5, 0.6) is 5.75 Å². The molecular formula is C22H24N2O6S. The third kappa shape index (κ3) is 4.19. The van der Waals surface area contributed by atoms with Gasteiger partial charge in [-0.1, -0.05) is 32.9 Å². The fourth-order valence-electron chi connectivity index (χ4n) is 3.43. The van der Waals surface area contributed by atoms with Crippen molar-refractivity contribution in [2.75, 3.05) is 12.0 Å². The Morgan fingerprint density at radius 3 is 2.26 bits per heavy atom. The van der Waals surface area contributed by atoms with Crippen LogP contribution < -0.4 is 14.8 Å². The lowest BCUT2D eigenvalue weighted by Gasteiger charge is -2.29. The highest BCUT2D eigenvalue weighted by Gasteiger charge is 2.46. The fraction of sp³-hybridized carbons (Fsp3) is 0.273. The molecule has 9 heteroatoms. The van der Waals surface area contributed by atoms with Crippen molar-refractivity contribution < 1.29 is 27.9 Å². The van der Waals surface area contributed by atoms with Crippen molar-refractivity contribution >= 4 is 27.4 Å². The molecule has 1 atom stereocenters. The number of benzene rings is 2. The summed E-state index contributed by atoms with van der Waals surface area (Å²) in [5.74, 6) is -1.26. The molecule has 0 aliphatic carbocycles. The van der Waals surface area contributed by atoms with Crippen molar-refractivity contribution in [3.63, 3.8) is 0 Å². The minimum atomic E-state index is -3.92. The summed E-state index contributed by atoms with van der Waals surface area (Å²) >= 11 is 0. The van der Waals surface area contributed by atoms with E-state index in [1.165, 1.54) is 36.3 Å². The highest BCUT2D eigenvalue weighted by molar-refractivity contribution is 7.89. The second-order valence-electron chi connectivity index (χ2n) is 8.23. The number of nitrogens with zero attached hydrogens (tertiary/aromatic N) is 1. The Hall–Kier alpha value is -3.17. The van der Waals surface area contributed by atoms with E-state index in [1.54, 1.807) is 45.0 Å². The lowest BCUT2D eigenvalue weighted by Crippen LogP contribution is -2.32. The maximum atomic E-state index is 13.2. The first-order valence-electron chi connectivity index (χ1n) is 9.44. The van der Waals surface area contributed by atoms with E-state index in [0.717, 1.165) is 0 Å². The van der Waals surface area contributed by atoms with Gasteiger partial charge in [0.25, 0.3) is 5.91 Å². The van der Waals surface area contributed by atoms with Crippen LogP contribution in [0.15, 0.2) is 64.8 Å². The largest absolute Gasteiger partial charge is 0.503 e. The Bertz CT molecular complexity index is 1180. The normalized spacial score (nSPS) is 17.3. The average Bonchev–Trinajstić information content (AvgIpc) is 2.97. The van der Waals surface area contributed by atoms with Gasteiger partial charge in [-0.05, 0) is 42.0 Å². The van der Waals surface area contributed by atoms with E-state index in [1.807, 2.05) is 0 Å². The molecule has 0 saturated carbocycles. The van der Waals surface area contributed by atoms with E-state index in [4.69, 9.17) is 9.88 Å². The lowest BCUT2D eigenvalue weighted by molar-refractivity contribution is -0.123. The number of amides is 1. The minimum absolute atomic E-state index is 0.0266. The third-order valence-corrected chi connectivity index (χ3v) is 5.92. The first-order chi connectivity index (χ1) is 14.4. The Morgan fingerprint density at radius 1 is 1.13 bits per heavy atom. The number of sulfonamides is 1. The number of aliphatic hydroxyl groups excluding tert-OH is 1. The SMILES string of the molecule is COc1cccc(C2C(C(=O)C(C)(C)C)=C(O)C(=O)N2c2ccc(S(N)(=O)=O)cc2)c1. The number of anilines is 1. The summed E-state index contributed by atoms with van der Waals surface area (Å²) < 4.78 is 28.4. The zero-order valence-corrected chi connectivity index (χ0v) is 18.4. The highest BCUT2D eigenvalue weighted by Crippen LogP contribution is 2.44.